The molecular formula is C66H70N14O15S2. The minimum Gasteiger partial charge on any atom is -0.480 e. The number of aryl methyl sites for hydroxylation is 2. The van der Waals surface area contributed by atoms with E-state index in [1.165, 1.54) is 39.5 Å². The van der Waals surface area contributed by atoms with E-state index in [-0.39, 0.29) is 84.4 Å². The second kappa shape index (κ2) is 30.6. The van der Waals surface area contributed by atoms with Gasteiger partial charge in [-0.3, -0.25) is 34.4 Å². The van der Waals surface area contributed by atoms with Gasteiger partial charge in [-0.25, -0.2) is 44.5 Å². The van der Waals surface area contributed by atoms with Crippen LogP contribution in [0.15, 0.2) is 89.9 Å². The zero-order valence-corrected chi connectivity index (χ0v) is 55.4. The summed E-state index contributed by atoms with van der Waals surface area (Å²) in [5, 5.41) is 27.5. The van der Waals surface area contributed by atoms with Gasteiger partial charge in [-0.15, -0.1) is 0 Å². The van der Waals surface area contributed by atoms with Crippen LogP contribution in [-0.4, -0.2) is 148 Å². The number of carboxylic acids is 2. The topological polar surface area (TPSA) is 437 Å². The number of nitrogens with one attached hydrogen (secondary N) is 8. The molecule has 12 N–H and O–H groups in total. The average molecular weight is 1360 g/mol. The first-order valence-electron chi connectivity index (χ1n) is 30.3. The molecule has 8 bridgehead atoms. The molecule has 4 amide bonds. The first-order chi connectivity index (χ1) is 46.3. The predicted molar refractivity (Wildman–Crippen MR) is 363 cm³/mol. The zero-order valence-electron chi connectivity index (χ0n) is 53.8. The zero-order chi connectivity index (χ0) is 70.0. The van der Waals surface area contributed by atoms with Crippen molar-refractivity contribution in [1.29, 1.82) is 0 Å². The van der Waals surface area contributed by atoms with Crippen molar-refractivity contribution in [2.45, 2.75) is 97.2 Å². The number of nitrogens with two attached hydrogens (primary N) is 1. The summed E-state index contributed by atoms with van der Waals surface area (Å²) in [7, 11) is 4.67. The number of allylic oxidation sites excluding steroid dienone is 8. The number of rotatable bonds is 26. The van der Waals surface area contributed by atoms with Gasteiger partial charge in [0.1, 0.15) is 30.4 Å². The van der Waals surface area contributed by atoms with Gasteiger partial charge < -0.3 is 60.9 Å². The van der Waals surface area contributed by atoms with E-state index in [0.717, 1.165) is 49.4 Å². The number of carbonyl (C=O) groups excluding carboxylic acids is 7. The first-order valence-corrected chi connectivity index (χ1v) is 32.8. The van der Waals surface area contributed by atoms with Crippen molar-refractivity contribution < 1.29 is 67.6 Å². The smallest absolute Gasteiger partial charge is 0.426 e. The molecule has 1 aromatic carbocycles. The highest BCUT2D eigenvalue weighted by Crippen LogP contribution is 2.53. The second-order valence-corrected chi connectivity index (χ2v) is 25.6. The van der Waals surface area contributed by atoms with Crippen molar-refractivity contribution in [3.05, 3.63) is 152 Å². The van der Waals surface area contributed by atoms with Crippen molar-refractivity contribution in [3.63, 3.8) is 0 Å². The van der Waals surface area contributed by atoms with Crippen LogP contribution in [0.3, 0.4) is 0 Å². The predicted octanol–water partition coefficient (Wildman–Crippen LogP) is 6.53. The number of ketones is 1. The molecule has 4 aliphatic rings. The Morgan fingerprint density at radius 2 is 1.51 bits per heavy atom. The van der Waals surface area contributed by atoms with Gasteiger partial charge in [0.05, 0.1) is 66.4 Å². The van der Waals surface area contributed by atoms with Crippen molar-refractivity contribution in [3.8, 4) is 0 Å². The summed E-state index contributed by atoms with van der Waals surface area (Å²) in [5.74, 6) is -7.54. The number of fused-ring (bicyclic) bond motifs is 12. The molecule has 0 saturated heterocycles. The highest BCUT2D eigenvalue weighted by atomic mass is 33.1. The number of benzene rings is 1. The number of hydrogen-bond acceptors (Lipinski definition) is 22. The molecule has 4 aromatic heterocycles. The van der Waals surface area contributed by atoms with Crippen LogP contribution in [0.5, 0.6) is 0 Å². The van der Waals surface area contributed by atoms with Crippen LogP contribution in [0.4, 0.5) is 16.4 Å². The number of hydrazine groups is 1. The number of ether oxygens (including phenoxy) is 3. The molecule has 0 spiro atoms. The van der Waals surface area contributed by atoms with Gasteiger partial charge in [-0.1, -0.05) is 46.4 Å². The molecule has 0 saturated carbocycles. The summed E-state index contributed by atoms with van der Waals surface area (Å²) in [6, 6.07) is 10.6. The minimum atomic E-state index is -1.50. The monoisotopic (exact) mass is 1360 g/mol. The number of aromatic amines is 3. The fourth-order valence-corrected chi connectivity index (χ4v) is 13.4. The Balaban J connectivity index is 0.793. The Kier molecular flexibility index (Phi) is 22.2. The fourth-order valence-electron chi connectivity index (χ4n) is 11.4. The SMILES string of the molecule is C=CC1=C(C)c2cc3[nH]c(cc4nc(cc5[nH]c(cc1n2)c(C)c5CCC(C)=O)C(CCC(=O)NNC(=O)OCCSSC[C@H](NC(=O)CC[C@H](NC(=O)c1ccc(NCc2cnc5nc(N)[nH]c(=O)c5n2)cc1)C(=O)O)C(=O)O)=C4C)[C@@]1(C)C3=CC=C(C(=O)OC)[C@H]1C(=O)OC. The molecule has 0 unspecified atom stereocenters. The van der Waals surface area contributed by atoms with Crippen LogP contribution in [0.25, 0.3) is 50.1 Å². The fraction of sp³-hybridized carbons (Fsp3) is 0.318. The number of esters is 2. The number of aliphatic carboxylic acids is 2. The molecule has 4 atom stereocenters. The molecule has 7 heterocycles. The minimum absolute atomic E-state index is 0.00360. The lowest BCUT2D eigenvalue weighted by Gasteiger charge is -2.36. The summed E-state index contributed by atoms with van der Waals surface area (Å²) in [5.41, 5.74) is 19.7. The third-order valence-corrected chi connectivity index (χ3v) is 19.1. The van der Waals surface area contributed by atoms with E-state index in [9.17, 15) is 58.2 Å². The van der Waals surface area contributed by atoms with Crippen molar-refractivity contribution in [2.75, 3.05) is 43.4 Å². The summed E-state index contributed by atoms with van der Waals surface area (Å²) in [4.78, 5) is 161. The molecule has 0 radical (unpaired) electrons. The van der Waals surface area contributed by atoms with E-state index in [0.29, 0.717) is 74.2 Å². The number of H-pyrrole nitrogens is 3. The Hall–Kier alpha value is -11.0. The van der Waals surface area contributed by atoms with E-state index in [1.54, 1.807) is 36.4 Å². The van der Waals surface area contributed by atoms with E-state index in [4.69, 9.17) is 29.9 Å². The van der Waals surface area contributed by atoms with Gasteiger partial charge in [0.25, 0.3) is 11.5 Å². The van der Waals surface area contributed by atoms with Gasteiger partial charge in [0.2, 0.25) is 17.8 Å². The van der Waals surface area contributed by atoms with Gasteiger partial charge in [-0.05, 0) is 136 Å². The van der Waals surface area contributed by atoms with E-state index in [1.807, 2.05) is 45.9 Å². The number of aromatic nitrogens is 8. The number of nitrogen functional groups attached to an aromatic ring is 1. The van der Waals surface area contributed by atoms with Crippen LogP contribution in [0, 0.1) is 12.8 Å². The molecule has 97 heavy (non-hydrogen) atoms. The van der Waals surface area contributed by atoms with Crippen LogP contribution >= 0.6 is 21.6 Å². The number of amides is 4. The molecule has 29 nitrogen and oxygen atoms in total. The molecule has 31 heteroatoms. The van der Waals surface area contributed by atoms with Gasteiger partial charge in [-0.2, -0.15) is 4.98 Å². The second-order valence-electron chi connectivity index (χ2n) is 22.9. The number of anilines is 2. The first kappa shape index (κ1) is 70.4. The Bertz CT molecular complexity index is 4490. The van der Waals surface area contributed by atoms with Crippen LogP contribution in [0.2, 0.25) is 0 Å². The van der Waals surface area contributed by atoms with Crippen molar-refractivity contribution >= 4 is 137 Å². The molecule has 0 fully saturated rings. The molecular weight excluding hydrogens is 1290 g/mol. The quantitative estimate of drug-likeness (QED) is 0.00921. The van der Waals surface area contributed by atoms with Gasteiger partial charge >= 0.3 is 30.0 Å². The largest absolute Gasteiger partial charge is 0.480 e. The highest BCUT2D eigenvalue weighted by Gasteiger charge is 2.53. The molecule has 3 aliphatic heterocycles. The number of methoxy groups -OCH3 is 2. The highest BCUT2D eigenvalue weighted by molar-refractivity contribution is 8.76. The van der Waals surface area contributed by atoms with E-state index < -0.39 is 83.1 Å². The maximum absolute atomic E-state index is 14.0. The Morgan fingerprint density at radius 3 is 2.21 bits per heavy atom. The van der Waals surface area contributed by atoms with Gasteiger partial charge in [0.15, 0.2) is 11.2 Å². The van der Waals surface area contributed by atoms with Crippen LogP contribution in [-0.2, 0) is 66.2 Å². The van der Waals surface area contributed by atoms with E-state index in [2.05, 4.69) is 63.3 Å². The third-order valence-electron chi connectivity index (χ3n) is 16.7. The Morgan fingerprint density at radius 1 is 0.784 bits per heavy atom. The lowest BCUT2D eigenvalue weighted by molar-refractivity contribution is -0.149. The molecule has 1 aliphatic carbocycles. The number of hydrogen-bond donors (Lipinski definition) is 11. The maximum Gasteiger partial charge on any atom is 0.426 e. The van der Waals surface area contributed by atoms with Crippen molar-refractivity contribution in [1.82, 2.24) is 61.4 Å². The average Bonchev–Trinajstić information content (AvgIpc) is 1.59. The van der Waals surface area contributed by atoms with E-state index >= 15 is 0 Å². The summed E-state index contributed by atoms with van der Waals surface area (Å²) in [6.45, 7) is 13.2. The molecule has 9 rings (SSSR count). The summed E-state index contributed by atoms with van der Waals surface area (Å²) in [6.07, 6.45) is 5.31. The molecule has 506 valence electrons. The lowest BCUT2D eigenvalue weighted by Crippen LogP contribution is -2.44. The van der Waals surface area contributed by atoms with Crippen LogP contribution in [0.1, 0.15) is 121 Å². The van der Waals surface area contributed by atoms with Crippen molar-refractivity contribution in [2.24, 2.45) is 5.92 Å². The standard InChI is InChI=1S/C66H70N14O15S2/c1-9-38-32(3)45-25-50-42-18-16-41(62(90)93-7)55(63(91)94-8)66(42,6)52(74-50)27-46-34(5)40(49(73-46)26-48-39(15-10-31(2)81)33(4)44(72-48)24-47(38)71-45)17-20-54(83)79-80-65(92)95-22-23-96-97-30-51(61(88)89)75-53(82)21-19-43(60(86)87)76-58(84)35-11-13-36(14-12-35)68-28-37-29-69-57-56(70-37)59(85)78-64(67)77-57/h9,11-14,16,18,24-27,29,43,51,55,68,72,74H,1,10,15,17,19-23,28,30H2,2-8H3,(H,75,82)(H,76,84)(H,79,83)(H,80,92)(H,86,87)(H,88,89)(H3,67,69,77,78,85)/t43-,51-,55-,66+/m0/s1. The number of carboxylic acid groups (broad SMARTS) is 2. The third kappa shape index (κ3) is 16.1. The van der Waals surface area contributed by atoms with Gasteiger partial charge in [0, 0.05) is 70.0 Å². The number of Topliss-reactive ketones (excluding diaryl/α,β-unsaturated/α-hetero) is 1. The normalized spacial score (nSPS) is 15.7. The maximum atomic E-state index is 14.0. The molecule has 5 aromatic rings. The summed E-state index contributed by atoms with van der Waals surface area (Å²) < 4.78 is 15.8. The summed E-state index contributed by atoms with van der Waals surface area (Å²) >= 11 is 0. The Labute approximate surface area is 561 Å². The number of nitrogens with zero attached hydrogens (tertiary/aromatic N) is 5. The number of carbonyl (C=O) groups is 9. The van der Waals surface area contributed by atoms with Crippen LogP contribution < -0.4 is 38.1 Å². The lowest BCUT2D eigenvalue weighted by atomic mass is 9.64.